The fourth-order valence-electron chi connectivity index (χ4n) is 1.60. The van der Waals surface area contributed by atoms with Crippen LogP contribution in [-0.2, 0) is 10.0 Å². The lowest BCUT2D eigenvalue weighted by atomic mass is 10.2. The molecule has 0 bridgehead atoms. The van der Waals surface area contributed by atoms with Crippen molar-refractivity contribution in [3.8, 4) is 0 Å². The largest absolute Gasteiger partial charge is 0.338 e. The second kappa shape index (κ2) is 6.28. The van der Waals surface area contributed by atoms with Crippen LogP contribution < -0.4 is 10.0 Å². The molecule has 0 aliphatic rings. The summed E-state index contributed by atoms with van der Waals surface area (Å²) in [5.74, 6) is 0.526. The van der Waals surface area contributed by atoms with Gasteiger partial charge in [0.1, 0.15) is 5.82 Å². The van der Waals surface area contributed by atoms with Gasteiger partial charge in [-0.15, -0.1) is 0 Å². The second-order valence-corrected chi connectivity index (χ2v) is 6.70. The first-order valence-electron chi connectivity index (χ1n) is 6.27. The van der Waals surface area contributed by atoms with Gasteiger partial charge in [0, 0.05) is 11.8 Å². The number of nitrogens with zero attached hydrogens (tertiary/aromatic N) is 2. The minimum atomic E-state index is -3.35. The number of benzene rings is 1. The molecule has 2 aromatic rings. The highest BCUT2D eigenvalue weighted by Gasteiger charge is 2.11. The first-order chi connectivity index (χ1) is 9.91. The second-order valence-electron chi connectivity index (χ2n) is 4.35. The number of nitrogens with one attached hydrogen (secondary N) is 2. The molecule has 21 heavy (non-hydrogen) atoms. The zero-order valence-corrected chi connectivity index (χ0v) is 13.2. The monoisotopic (exact) mass is 326 g/mol. The number of aromatic nitrogens is 2. The molecule has 0 unspecified atom stereocenters. The number of aryl methyl sites for hydroxylation is 1. The van der Waals surface area contributed by atoms with Crippen molar-refractivity contribution < 1.29 is 8.42 Å². The fraction of sp³-hybridized carbons (Fsp3) is 0.231. The smallest absolute Gasteiger partial charge is 0.232 e. The van der Waals surface area contributed by atoms with Gasteiger partial charge in [0.15, 0.2) is 0 Å². The number of rotatable bonds is 5. The number of sulfonamides is 1. The SMILES string of the molecule is CCS(=O)(=O)Nc1ccccc1Nc1nc(Cl)ncc1C. The number of hydrogen-bond acceptors (Lipinski definition) is 5. The molecule has 1 heterocycles. The standard InChI is InChI=1S/C13H15ClN4O2S/c1-3-21(19,20)18-11-7-5-4-6-10(11)16-12-9(2)8-15-13(14)17-12/h4-8,18H,3H2,1-2H3,(H,15,16,17). The van der Waals surface area contributed by atoms with E-state index in [1.807, 2.05) is 6.92 Å². The van der Waals surface area contributed by atoms with E-state index in [2.05, 4.69) is 20.0 Å². The number of para-hydroxylation sites is 2. The van der Waals surface area contributed by atoms with E-state index in [9.17, 15) is 8.42 Å². The normalized spacial score (nSPS) is 11.2. The highest BCUT2D eigenvalue weighted by atomic mass is 35.5. The molecule has 0 saturated heterocycles. The van der Waals surface area contributed by atoms with Crippen molar-refractivity contribution in [3.05, 3.63) is 41.3 Å². The highest BCUT2D eigenvalue weighted by molar-refractivity contribution is 7.92. The van der Waals surface area contributed by atoms with Crippen molar-refractivity contribution in [2.45, 2.75) is 13.8 Å². The molecule has 8 heteroatoms. The summed E-state index contributed by atoms with van der Waals surface area (Å²) < 4.78 is 25.9. The van der Waals surface area contributed by atoms with Gasteiger partial charge in [0.05, 0.1) is 17.1 Å². The van der Waals surface area contributed by atoms with Gasteiger partial charge in [-0.2, -0.15) is 0 Å². The van der Waals surface area contributed by atoms with Gasteiger partial charge in [0.25, 0.3) is 0 Å². The molecule has 0 radical (unpaired) electrons. The maximum Gasteiger partial charge on any atom is 0.232 e. The molecule has 0 spiro atoms. The van der Waals surface area contributed by atoms with Crippen LogP contribution in [0.2, 0.25) is 5.28 Å². The van der Waals surface area contributed by atoms with Gasteiger partial charge >= 0.3 is 0 Å². The van der Waals surface area contributed by atoms with E-state index in [4.69, 9.17) is 11.6 Å². The van der Waals surface area contributed by atoms with E-state index in [1.54, 1.807) is 37.4 Å². The Morgan fingerprint density at radius 3 is 2.57 bits per heavy atom. The molecule has 0 fully saturated rings. The molecule has 0 saturated carbocycles. The average molecular weight is 327 g/mol. The molecule has 2 N–H and O–H groups in total. The molecular formula is C13H15ClN4O2S. The average Bonchev–Trinajstić information content (AvgIpc) is 2.45. The molecule has 0 aliphatic carbocycles. The summed E-state index contributed by atoms with van der Waals surface area (Å²) in [7, 11) is -3.35. The van der Waals surface area contributed by atoms with Crippen LogP contribution in [-0.4, -0.2) is 24.1 Å². The Morgan fingerprint density at radius 2 is 1.90 bits per heavy atom. The lowest BCUT2D eigenvalue weighted by Gasteiger charge is -2.14. The Labute approximate surface area is 128 Å². The highest BCUT2D eigenvalue weighted by Crippen LogP contribution is 2.27. The Bertz CT molecular complexity index is 750. The molecule has 1 aromatic carbocycles. The van der Waals surface area contributed by atoms with Crippen LogP contribution in [0.3, 0.4) is 0 Å². The first kappa shape index (κ1) is 15.5. The lowest BCUT2D eigenvalue weighted by molar-refractivity contribution is 0.602. The molecule has 2 rings (SSSR count). The van der Waals surface area contributed by atoms with Crippen molar-refractivity contribution >= 4 is 38.8 Å². The summed E-state index contributed by atoms with van der Waals surface area (Å²) in [6.07, 6.45) is 1.59. The van der Waals surface area contributed by atoms with Gasteiger partial charge in [-0.25, -0.2) is 18.4 Å². The lowest BCUT2D eigenvalue weighted by Crippen LogP contribution is -2.15. The predicted molar refractivity (Wildman–Crippen MR) is 84.6 cm³/mol. The molecule has 6 nitrogen and oxygen atoms in total. The Hall–Kier alpha value is -1.86. The summed E-state index contributed by atoms with van der Waals surface area (Å²) in [4.78, 5) is 7.97. The van der Waals surface area contributed by atoms with Crippen LogP contribution in [0.15, 0.2) is 30.5 Å². The minimum Gasteiger partial charge on any atom is -0.338 e. The third-order valence-electron chi connectivity index (χ3n) is 2.77. The quantitative estimate of drug-likeness (QED) is 0.825. The molecule has 0 atom stereocenters. The molecule has 1 aromatic heterocycles. The van der Waals surface area contributed by atoms with Crippen molar-refractivity contribution in [2.24, 2.45) is 0 Å². The first-order valence-corrected chi connectivity index (χ1v) is 8.30. The zero-order chi connectivity index (χ0) is 15.5. The maximum atomic E-state index is 11.7. The van der Waals surface area contributed by atoms with Gasteiger partial charge in [-0.05, 0) is 37.6 Å². The summed E-state index contributed by atoms with van der Waals surface area (Å²) in [6.45, 7) is 3.41. The summed E-state index contributed by atoms with van der Waals surface area (Å²) in [5, 5.41) is 3.19. The van der Waals surface area contributed by atoms with Crippen molar-refractivity contribution in [1.29, 1.82) is 0 Å². The van der Waals surface area contributed by atoms with Crippen LogP contribution in [0.5, 0.6) is 0 Å². The van der Waals surface area contributed by atoms with Gasteiger partial charge in [-0.3, -0.25) is 4.72 Å². The molecule has 112 valence electrons. The fourth-order valence-corrected chi connectivity index (χ4v) is 2.39. The Balaban J connectivity index is 2.35. The third-order valence-corrected chi connectivity index (χ3v) is 4.24. The summed E-state index contributed by atoms with van der Waals surface area (Å²) in [5.41, 5.74) is 1.84. The van der Waals surface area contributed by atoms with E-state index in [1.165, 1.54) is 0 Å². The van der Waals surface area contributed by atoms with Gasteiger partial charge in [-0.1, -0.05) is 12.1 Å². The van der Waals surface area contributed by atoms with Crippen molar-refractivity contribution in [1.82, 2.24) is 9.97 Å². The van der Waals surface area contributed by atoms with Crippen LogP contribution in [0.1, 0.15) is 12.5 Å². The molecular weight excluding hydrogens is 312 g/mol. The zero-order valence-electron chi connectivity index (χ0n) is 11.6. The Morgan fingerprint density at radius 1 is 1.24 bits per heavy atom. The summed E-state index contributed by atoms with van der Waals surface area (Å²) >= 11 is 5.78. The van der Waals surface area contributed by atoms with E-state index >= 15 is 0 Å². The van der Waals surface area contributed by atoms with Crippen LogP contribution in [0.4, 0.5) is 17.2 Å². The summed E-state index contributed by atoms with van der Waals surface area (Å²) in [6, 6.07) is 6.97. The third kappa shape index (κ3) is 4.05. The van der Waals surface area contributed by atoms with E-state index in [-0.39, 0.29) is 11.0 Å². The minimum absolute atomic E-state index is 0.000300. The van der Waals surface area contributed by atoms with E-state index in [0.29, 0.717) is 17.2 Å². The topological polar surface area (TPSA) is 84.0 Å². The van der Waals surface area contributed by atoms with Crippen LogP contribution in [0, 0.1) is 6.92 Å². The maximum absolute atomic E-state index is 11.7. The van der Waals surface area contributed by atoms with Crippen LogP contribution in [0.25, 0.3) is 0 Å². The van der Waals surface area contributed by atoms with Gasteiger partial charge < -0.3 is 5.32 Å². The van der Waals surface area contributed by atoms with Crippen LogP contribution >= 0.6 is 11.6 Å². The molecule has 0 amide bonds. The molecule has 0 aliphatic heterocycles. The number of anilines is 3. The number of halogens is 1. The van der Waals surface area contributed by atoms with E-state index < -0.39 is 10.0 Å². The van der Waals surface area contributed by atoms with Crippen molar-refractivity contribution in [3.63, 3.8) is 0 Å². The van der Waals surface area contributed by atoms with Crippen molar-refractivity contribution in [2.75, 3.05) is 15.8 Å². The van der Waals surface area contributed by atoms with E-state index in [0.717, 1.165) is 5.56 Å². The number of hydrogen-bond donors (Lipinski definition) is 2. The predicted octanol–water partition coefficient (Wildman–Crippen LogP) is 2.94. The van der Waals surface area contributed by atoms with Gasteiger partial charge in [0.2, 0.25) is 15.3 Å². The Kier molecular flexibility index (Phi) is 4.64.